The highest BCUT2D eigenvalue weighted by atomic mass is 16.6. The molecule has 0 saturated heterocycles. The van der Waals surface area contributed by atoms with Crippen molar-refractivity contribution < 1.29 is 14.8 Å². The van der Waals surface area contributed by atoms with Crippen molar-refractivity contribution in [2.24, 2.45) is 0 Å². The quantitative estimate of drug-likeness (QED) is 0.642. The zero-order valence-corrected chi connectivity index (χ0v) is 8.95. The maximum atomic E-state index is 11.0. The molecule has 0 aliphatic rings. The molecule has 0 atom stereocenters. The van der Waals surface area contributed by atoms with Crippen LogP contribution in [0.25, 0.3) is 5.52 Å². The van der Waals surface area contributed by atoms with Gasteiger partial charge >= 0.3 is 11.8 Å². The van der Waals surface area contributed by atoms with Crippen LogP contribution in [0.1, 0.15) is 23.2 Å². The number of carboxylic acids is 1. The van der Waals surface area contributed by atoms with E-state index in [1.54, 1.807) is 6.92 Å². The zero-order valence-electron chi connectivity index (χ0n) is 8.95. The van der Waals surface area contributed by atoms with Gasteiger partial charge in [0.05, 0.1) is 0 Å². The lowest BCUT2D eigenvalue weighted by Crippen LogP contribution is -2.07. The van der Waals surface area contributed by atoms with Crippen LogP contribution in [0.3, 0.4) is 0 Å². The molecule has 0 bridgehead atoms. The van der Waals surface area contributed by atoms with Crippen molar-refractivity contribution in [2.45, 2.75) is 13.3 Å². The Balaban J connectivity index is 2.89. The first-order chi connectivity index (χ1) is 8.06. The van der Waals surface area contributed by atoms with Gasteiger partial charge in [-0.25, -0.2) is 4.79 Å². The summed E-state index contributed by atoms with van der Waals surface area (Å²) in [5, 5.41) is 19.8. The second-order valence-electron chi connectivity index (χ2n) is 3.40. The Morgan fingerprint density at radius 3 is 2.82 bits per heavy atom. The Bertz CT molecular complexity index is 617. The summed E-state index contributed by atoms with van der Waals surface area (Å²) in [6.07, 6.45) is 0.416. The molecule has 0 radical (unpaired) electrons. The van der Waals surface area contributed by atoms with E-state index in [1.165, 1.54) is 22.6 Å². The van der Waals surface area contributed by atoms with Gasteiger partial charge in [0.25, 0.3) is 0 Å². The van der Waals surface area contributed by atoms with E-state index >= 15 is 0 Å². The number of fused-ring (bicyclic) bond motifs is 1. The van der Waals surface area contributed by atoms with Crippen molar-refractivity contribution in [1.82, 2.24) is 9.38 Å². The van der Waals surface area contributed by atoms with Crippen LogP contribution in [0.15, 0.2) is 18.2 Å². The third kappa shape index (κ3) is 1.61. The number of aromatic nitrogens is 2. The first-order valence-corrected chi connectivity index (χ1v) is 4.94. The van der Waals surface area contributed by atoms with Crippen LogP contribution in [-0.4, -0.2) is 25.4 Å². The molecule has 0 spiro atoms. The standard InChI is InChI=1S/C10H9N3O4/c1-2-8-11-9(13(16)17)6-4-3-5-7(10(14)15)12(6)8/h3-5H,2H2,1H3,(H,14,15). The average molecular weight is 235 g/mol. The molecule has 88 valence electrons. The zero-order chi connectivity index (χ0) is 12.6. The van der Waals surface area contributed by atoms with Gasteiger partial charge in [-0.15, -0.1) is 0 Å². The molecule has 0 fully saturated rings. The van der Waals surface area contributed by atoms with Crippen molar-refractivity contribution in [3.05, 3.63) is 39.8 Å². The Labute approximate surface area is 95.5 Å². The lowest BCUT2D eigenvalue weighted by atomic mass is 10.3. The van der Waals surface area contributed by atoms with Gasteiger partial charge < -0.3 is 15.2 Å². The van der Waals surface area contributed by atoms with Gasteiger partial charge in [-0.05, 0) is 22.0 Å². The summed E-state index contributed by atoms with van der Waals surface area (Å²) in [4.78, 5) is 25.1. The predicted molar refractivity (Wildman–Crippen MR) is 58.2 cm³/mol. The number of hydrogen-bond acceptors (Lipinski definition) is 4. The van der Waals surface area contributed by atoms with Gasteiger partial charge in [0.15, 0.2) is 0 Å². The predicted octanol–water partition coefficient (Wildman–Crippen LogP) is 1.50. The number of rotatable bonds is 3. The molecule has 2 aromatic rings. The number of carboxylic acid groups (broad SMARTS) is 1. The van der Waals surface area contributed by atoms with Crippen LogP contribution in [-0.2, 0) is 6.42 Å². The molecule has 0 saturated carbocycles. The van der Waals surface area contributed by atoms with E-state index in [9.17, 15) is 14.9 Å². The number of aromatic carboxylic acids is 1. The van der Waals surface area contributed by atoms with E-state index in [4.69, 9.17) is 5.11 Å². The molecule has 0 amide bonds. The van der Waals surface area contributed by atoms with Gasteiger partial charge in [-0.2, -0.15) is 0 Å². The fourth-order valence-corrected chi connectivity index (χ4v) is 1.73. The second kappa shape index (κ2) is 3.85. The third-order valence-corrected chi connectivity index (χ3v) is 2.42. The van der Waals surface area contributed by atoms with Crippen molar-refractivity contribution >= 4 is 17.3 Å². The molecule has 2 aromatic heterocycles. The van der Waals surface area contributed by atoms with Gasteiger partial charge in [0.1, 0.15) is 11.2 Å². The number of imidazole rings is 1. The van der Waals surface area contributed by atoms with E-state index < -0.39 is 10.9 Å². The van der Waals surface area contributed by atoms with Gasteiger partial charge in [0, 0.05) is 6.42 Å². The highest BCUT2D eigenvalue weighted by molar-refractivity contribution is 5.87. The maximum absolute atomic E-state index is 11.0. The van der Waals surface area contributed by atoms with Crippen LogP contribution in [0.5, 0.6) is 0 Å². The highest BCUT2D eigenvalue weighted by Crippen LogP contribution is 2.22. The molecule has 1 N–H and O–H groups in total. The number of carbonyl (C=O) groups is 1. The number of nitrogens with zero attached hydrogens (tertiary/aromatic N) is 3. The van der Waals surface area contributed by atoms with Crippen molar-refractivity contribution in [3.63, 3.8) is 0 Å². The molecule has 7 heteroatoms. The summed E-state index contributed by atoms with van der Waals surface area (Å²) in [7, 11) is 0. The SMILES string of the molecule is CCc1nc([N+](=O)[O-])c2cccc(C(=O)O)n12. The lowest BCUT2D eigenvalue weighted by Gasteiger charge is -2.00. The summed E-state index contributed by atoms with van der Waals surface area (Å²) in [6, 6.07) is 4.34. The van der Waals surface area contributed by atoms with E-state index in [0.29, 0.717) is 12.2 Å². The fraction of sp³-hybridized carbons (Fsp3) is 0.200. The minimum Gasteiger partial charge on any atom is -0.477 e. The molecule has 7 nitrogen and oxygen atoms in total. The van der Waals surface area contributed by atoms with E-state index in [0.717, 1.165) is 0 Å². The monoisotopic (exact) mass is 235 g/mol. The van der Waals surface area contributed by atoms with Crippen LogP contribution in [0.4, 0.5) is 5.82 Å². The average Bonchev–Trinajstić information content (AvgIpc) is 2.67. The normalized spacial score (nSPS) is 10.6. The van der Waals surface area contributed by atoms with Crippen LogP contribution in [0, 0.1) is 10.1 Å². The maximum Gasteiger partial charge on any atom is 0.389 e. The number of pyridine rings is 1. The molecule has 0 unspecified atom stereocenters. The largest absolute Gasteiger partial charge is 0.477 e. The molecule has 0 aliphatic heterocycles. The van der Waals surface area contributed by atoms with E-state index in [2.05, 4.69) is 4.98 Å². The summed E-state index contributed by atoms with van der Waals surface area (Å²) in [5.74, 6) is -1.09. The van der Waals surface area contributed by atoms with Crippen molar-refractivity contribution in [3.8, 4) is 0 Å². The Kier molecular flexibility index (Phi) is 2.51. The minimum atomic E-state index is -1.14. The minimum absolute atomic E-state index is 0.0278. The number of hydrogen-bond donors (Lipinski definition) is 1. The topological polar surface area (TPSA) is 97.7 Å². The van der Waals surface area contributed by atoms with Crippen LogP contribution < -0.4 is 0 Å². The Morgan fingerprint density at radius 1 is 1.59 bits per heavy atom. The first-order valence-electron chi connectivity index (χ1n) is 4.94. The molecule has 17 heavy (non-hydrogen) atoms. The summed E-state index contributed by atoms with van der Waals surface area (Å²) in [5.41, 5.74) is 0.173. The molecule has 0 aliphatic carbocycles. The smallest absolute Gasteiger partial charge is 0.389 e. The van der Waals surface area contributed by atoms with Crippen LogP contribution in [0.2, 0.25) is 0 Å². The summed E-state index contributed by atoms with van der Waals surface area (Å²) < 4.78 is 1.31. The van der Waals surface area contributed by atoms with Gasteiger partial charge in [0.2, 0.25) is 5.82 Å². The Hall–Kier alpha value is -2.44. The highest BCUT2D eigenvalue weighted by Gasteiger charge is 2.24. The summed E-state index contributed by atoms with van der Waals surface area (Å²) >= 11 is 0. The number of aryl methyl sites for hydroxylation is 1. The molecular weight excluding hydrogens is 226 g/mol. The Morgan fingerprint density at radius 2 is 2.29 bits per heavy atom. The third-order valence-electron chi connectivity index (χ3n) is 2.42. The van der Waals surface area contributed by atoms with Crippen molar-refractivity contribution in [2.75, 3.05) is 0 Å². The molecular formula is C10H9N3O4. The van der Waals surface area contributed by atoms with Crippen LogP contribution >= 0.6 is 0 Å². The fourth-order valence-electron chi connectivity index (χ4n) is 1.73. The molecule has 2 heterocycles. The first kappa shape index (κ1) is 11.1. The van der Waals surface area contributed by atoms with E-state index in [-0.39, 0.29) is 17.0 Å². The van der Waals surface area contributed by atoms with E-state index in [1.807, 2.05) is 0 Å². The second-order valence-corrected chi connectivity index (χ2v) is 3.40. The summed E-state index contributed by atoms with van der Waals surface area (Å²) in [6.45, 7) is 1.76. The lowest BCUT2D eigenvalue weighted by molar-refractivity contribution is -0.387. The molecule has 2 rings (SSSR count). The van der Waals surface area contributed by atoms with Gasteiger partial charge in [-0.1, -0.05) is 13.0 Å². The van der Waals surface area contributed by atoms with Crippen molar-refractivity contribution in [1.29, 1.82) is 0 Å². The number of nitro groups is 1. The van der Waals surface area contributed by atoms with Gasteiger partial charge in [-0.3, -0.25) is 4.40 Å². The molecule has 0 aromatic carbocycles.